The van der Waals surface area contributed by atoms with E-state index in [-0.39, 0.29) is 23.9 Å². The molecule has 0 aliphatic heterocycles. The van der Waals surface area contributed by atoms with E-state index in [9.17, 15) is 13.2 Å². The molecule has 1 aromatic carbocycles. The highest BCUT2D eigenvalue weighted by atomic mass is 79.9. The molecule has 1 aromatic rings. The summed E-state index contributed by atoms with van der Waals surface area (Å²) < 4.78 is 34.5. The fraction of sp³-hybridized carbons (Fsp3) is 0.389. The van der Waals surface area contributed by atoms with E-state index in [1.54, 1.807) is 32.9 Å². The number of carbonyl (C=O) groups is 1. The molecule has 28 heavy (non-hydrogen) atoms. The molecule has 1 rings (SSSR count). The van der Waals surface area contributed by atoms with Gasteiger partial charge in [0.15, 0.2) is 0 Å². The van der Waals surface area contributed by atoms with Gasteiger partial charge in [-0.1, -0.05) is 17.7 Å². The molecule has 0 saturated heterocycles. The summed E-state index contributed by atoms with van der Waals surface area (Å²) in [5.41, 5.74) is 14.0. The van der Waals surface area contributed by atoms with E-state index in [4.69, 9.17) is 10.5 Å². The van der Waals surface area contributed by atoms with Crippen LogP contribution in [0.2, 0.25) is 0 Å². The standard InChI is InChI=1S/C18H26BrN3O5S/c1-6-27-18(23)13(4)9-15(19)17(20)22-21-10-14-8-11(2)7-12(3)16(14)28(24,25)26-5/h7-9,21-22H,6,10,20H2,1-5H3/b13-9+,17-15+. The molecule has 10 heteroatoms. The molecule has 0 radical (unpaired) electrons. The van der Waals surface area contributed by atoms with Crippen LogP contribution in [0.3, 0.4) is 0 Å². The minimum Gasteiger partial charge on any atom is -0.463 e. The Morgan fingerprint density at radius 1 is 1.32 bits per heavy atom. The molecule has 0 fully saturated rings. The molecule has 0 spiro atoms. The highest BCUT2D eigenvalue weighted by Gasteiger charge is 2.21. The Bertz CT molecular complexity index is 895. The van der Waals surface area contributed by atoms with Gasteiger partial charge in [-0.15, -0.1) is 0 Å². The quantitative estimate of drug-likeness (QED) is 0.163. The lowest BCUT2D eigenvalue weighted by molar-refractivity contribution is -0.138. The summed E-state index contributed by atoms with van der Waals surface area (Å²) in [5, 5.41) is 0. The van der Waals surface area contributed by atoms with E-state index in [1.807, 2.05) is 6.92 Å². The number of hydrogen-bond acceptors (Lipinski definition) is 8. The van der Waals surface area contributed by atoms with Crippen LogP contribution in [-0.4, -0.2) is 28.1 Å². The Morgan fingerprint density at radius 3 is 2.54 bits per heavy atom. The Hall–Kier alpha value is -1.88. The third-order valence-electron chi connectivity index (χ3n) is 3.67. The predicted molar refractivity (Wildman–Crippen MR) is 111 cm³/mol. The zero-order valence-corrected chi connectivity index (χ0v) is 19.0. The third-order valence-corrected chi connectivity index (χ3v) is 5.84. The fourth-order valence-electron chi connectivity index (χ4n) is 2.48. The molecule has 0 unspecified atom stereocenters. The van der Waals surface area contributed by atoms with Gasteiger partial charge < -0.3 is 15.9 Å². The van der Waals surface area contributed by atoms with Crippen LogP contribution in [0.4, 0.5) is 0 Å². The lowest BCUT2D eigenvalue weighted by Gasteiger charge is -2.15. The van der Waals surface area contributed by atoms with Gasteiger partial charge in [0.25, 0.3) is 10.1 Å². The van der Waals surface area contributed by atoms with Crippen LogP contribution in [0.5, 0.6) is 0 Å². The Morgan fingerprint density at radius 2 is 1.96 bits per heavy atom. The van der Waals surface area contributed by atoms with Crippen molar-refractivity contribution in [2.45, 2.75) is 39.1 Å². The maximum absolute atomic E-state index is 12.2. The molecule has 0 heterocycles. The van der Waals surface area contributed by atoms with Crippen molar-refractivity contribution in [3.8, 4) is 0 Å². The number of rotatable bonds is 9. The maximum atomic E-state index is 12.2. The van der Waals surface area contributed by atoms with E-state index in [0.717, 1.165) is 12.7 Å². The topological polar surface area (TPSA) is 120 Å². The molecule has 0 aliphatic rings. The molecule has 0 aliphatic carbocycles. The van der Waals surface area contributed by atoms with E-state index >= 15 is 0 Å². The number of allylic oxidation sites excluding steroid dienone is 2. The molecule has 156 valence electrons. The van der Waals surface area contributed by atoms with Crippen LogP contribution in [0.15, 0.2) is 39.0 Å². The first-order chi connectivity index (χ1) is 13.0. The first kappa shape index (κ1) is 24.2. The van der Waals surface area contributed by atoms with Gasteiger partial charge in [0.2, 0.25) is 0 Å². The second kappa shape index (κ2) is 10.6. The highest BCUT2D eigenvalue weighted by molar-refractivity contribution is 9.11. The highest BCUT2D eigenvalue weighted by Crippen LogP contribution is 2.24. The molecule has 0 atom stereocenters. The van der Waals surface area contributed by atoms with Gasteiger partial charge in [-0.3, -0.25) is 4.18 Å². The van der Waals surface area contributed by atoms with Crippen molar-refractivity contribution >= 4 is 32.0 Å². The van der Waals surface area contributed by atoms with E-state index in [2.05, 4.69) is 31.0 Å². The summed E-state index contributed by atoms with van der Waals surface area (Å²) in [5.74, 6) is -0.228. The Labute approximate surface area is 174 Å². The van der Waals surface area contributed by atoms with E-state index < -0.39 is 16.1 Å². The van der Waals surface area contributed by atoms with Gasteiger partial charge >= 0.3 is 5.97 Å². The van der Waals surface area contributed by atoms with Gasteiger partial charge in [0, 0.05) is 12.1 Å². The minimum atomic E-state index is -3.86. The first-order valence-corrected chi connectivity index (χ1v) is 10.6. The number of nitrogens with two attached hydrogens (primary N) is 1. The van der Waals surface area contributed by atoms with Crippen molar-refractivity contribution in [2.75, 3.05) is 13.7 Å². The van der Waals surface area contributed by atoms with E-state index in [1.165, 1.54) is 6.08 Å². The molecular formula is C18H26BrN3O5S. The Balaban J connectivity index is 2.97. The molecule has 4 N–H and O–H groups in total. The fourth-order valence-corrected chi connectivity index (χ4v) is 4.00. The van der Waals surface area contributed by atoms with Gasteiger partial charge in [-0.2, -0.15) is 8.42 Å². The average molecular weight is 476 g/mol. The van der Waals surface area contributed by atoms with E-state index in [0.29, 0.717) is 21.2 Å². The summed E-state index contributed by atoms with van der Waals surface area (Å²) >= 11 is 3.28. The van der Waals surface area contributed by atoms with Crippen LogP contribution >= 0.6 is 15.9 Å². The number of esters is 1. The maximum Gasteiger partial charge on any atom is 0.333 e. The molecule has 8 nitrogen and oxygen atoms in total. The van der Waals surface area contributed by atoms with Crippen LogP contribution in [0.25, 0.3) is 0 Å². The lowest BCUT2D eigenvalue weighted by atomic mass is 10.1. The van der Waals surface area contributed by atoms with Crippen LogP contribution in [0.1, 0.15) is 30.5 Å². The number of carbonyl (C=O) groups excluding carboxylic acids is 1. The second-order valence-electron chi connectivity index (χ2n) is 5.98. The van der Waals surface area contributed by atoms with Gasteiger partial charge in [-0.05, 0) is 60.8 Å². The zero-order valence-electron chi connectivity index (χ0n) is 16.6. The summed E-state index contributed by atoms with van der Waals surface area (Å²) in [6, 6.07) is 3.53. The first-order valence-electron chi connectivity index (χ1n) is 8.43. The zero-order chi connectivity index (χ0) is 21.5. The van der Waals surface area contributed by atoms with Crippen molar-refractivity contribution in [3.05, 3.63) is 50.8 Å². The molecule has 0 amide bonds. The number of benzene rings is 1. The minimum absolute atomic E-state index is 0.120. The number of halogens is 1. The average Bonchev–Trinajstić information content (AvgIpc) is 2.60. The summed E-state index contributed by atoms with van der Waals surface area (Å²) in [6.07, 6.45) is 1.53. The van der Waals surface area contributed by atoms with Crippen molar-refractivity contribution in [1.29, 1.82) is 0 Å². The number of hydrazine groups is 1. The largest absolute Gasteiger partial charge is 0.463 e. The van der Waals surface area contributed by atoms with Crippen molar-refractivity contribution in [3.63, 3.8) is 0 Å². The summed E-state index contributed by atoms with van der Waals surface area (Å²) in [4.78, 5) is 11.8. The normalized spacial score (nSPS) is 13.1. The van der Waals surface area contributed by atoms with Crippen LogP contribution < -0.4 is 16.6 Å². The van der Waals surface area contributed by atoms with Crippen molar-refractivity contribution in [1.82, 2.24) is 10.9 Å². The number of nitrogens with one attached hydrogen (secondary N) is 2. The predicted octanol–water partition coefficient (Wildman–Crippen LogP) is 2.26. The van der Waals surface area contributed by atoms with Gasteiger partial charge in [0.05, 0.1) is 18.2 Å². The second-order valence-corrected chi connectivity index (χ2v) is 8.48. The SMILES string of the molecule is CCOC(=O)/C(C)=C/C(Br)=C(/N)NNCc1cc(C)cc(C)c1S(=O)(=O)OC. The molecule has 0 aromatic heterocycles. The molecular weight excluding hydrogens is 450 g/mol. The third kappa shape index (κ3) is 6.62. The van der Waals surface area contributed by atoms with Crippen LogP contribution in [-0.2, 0) is 30.4 Å². The van der Waals surface area contributed by atoms with Crippen molar-refractivity contribution in [2.24, 2.45) is 5.73 Å². The number of aryl methyl sites for hydroxylation is 2. The number of ether oxygens (including phenoxy) is 1. The summed E-state index contributed by atoms with van der Waals surface area (Å²) in [7, 11) is -2.73. The van der Waals surface area contributed by atoms with Crippen molar-refractivity contribution < 1.29 is 22.1 Å². The monoisotopic (exact) mass is 475 g/mol. The number of hydrogen-bond donors (Lipinski definition) is 3. The van der Waals surface area contributed by atoms with Crippen LogP contribution in [0, 0.1) is 13.8 Å². The smallest absolute Gasteiger partial charge is 0.333 e. The van der Waals surface area contributed by atoms with Gasteiger partial charge in [-0.25, -0.2) is 10.2 Å². The Kier molecular flexibility index (Phi) is 9.15. The molecule has 0 saturated carbocycles. The molecule has 0 bridgehead atoms. The van der Waals surface area contributed by atoms with Gasteiger partial charge in [0.1, 0.15) is 10.7 Å². The lowest BCUT2D eigenvalue weighted by Crippen LogP contribution is -2.35. The summed E-state index contributed by atoms with van der Waals surface area (Å²) in [6.45, 7) is 7.37.